The van der Waals surface area contributed by atoms with E-state index in [1.54, 1.807) is 7.11 Å². The molecule has 1 N–H and O–H groups in total. The molecule has 0 unspecified atom stereocenters. The van der Waals surface area contributed by atoms with Gasteiger partial charge in [0.1, 0.15) is 0 Å². The molecule has 0 aliphatic carbocycles. The first-order valence-electron chi connectivity index (χ1n) is 6.37. The Morgan fingerprint density at radius 2 is 1.94 bits per heavy atom. The molecular formula is C15H23NO2. The number of amides is 1. The van der Waals surface area contributed by atoms with Crippen molar-refractivity contribution in [3.8, 4) is 0 Å². The average Bonchev–Trinajstić information content (AvgIpc) is 2.38. The quantitative estimate of drug-likeness (QED) is 0.754. The van der Waals surface area contributed by atoms with Crippen molar-refractivity contribution in [2.45, 2.75) is 32.1 Å². The normalized spacial score (nSPS) is 11.3. The minimum absolute atomic E-state index is 0.0276. The van der Waals surface area contributed by atoms with Gasteiger partial charge in [-0.25, -0.2) is 0 Å². The lowest BCUT2D eigenvalue weighted by atomic mass is 9.80. The molecule has 0 heterocycles. The summed E-state index contributed by atoms with van der Waals surface area (Å²) in [6.45, 7) is 5.49. The molecule has 100 valence electrons. The fraction of sp³-hybridized carbons (Fsp3) is 0.533. The average molecular weight is 249 g/mol. The second kappa shape index (κ2) is 7.17. The van der Waals surface area contributed by atoms with E-state index in [4.69, 9.17) is 4.74 Å². The van der Waals surface area contributed by atoms with Gasteiger partial charge in [0.25, 0.3) is 0 Å². The number of carbonyl (C=O) groups excluding carboxylic acids is 1. The van der Waals surface area contributed by atoms with E-state index in [1.165, 1.54) is 5.56 Å². The topological polar surface area (TPSA) is 38.3 Å². The van der Waals surface area contributed by atoms with Crippen LogP contribution in [0.25, 0.3) is 0 Å². The van der Waals surface area contributed by atoms with Crippen molar-refractivity contribution in [1.29, 1.82) is 0 Å². The van der Waals surface area contributed by atoms with Gasteiger partial charge in [0.2, 0.25) is 5.91 Å². The molecule has 3 heteroatoms. The summed E-state index contributed by atoms with van der Waals surface area (Å²) in [6, 6.07) is 10.3. The van der Waals surface area contributed by atoms with E-state index < -0.39 is 0 Å². The van der Waals surface area contributed by atoms with Gasteiger partial charge in [0, 0.05) is 20.1 Å². The zero-order valence-corrected chi connectivity index (χ0v) is 11.5. The van der Waals surface area contributed by atoms with E-state index in [9.17, 15) is 4.79 Å². The summed E-state index contributed by atoms with van der Waals surface area (Å²) in [7, 11) is 1.63. The van der Waals surface area contributed by atoms with Crippen LogP contribution in [-0.4, -0.2) is 26.2 Å². The lowest BCUT2D eigenvalue weighted by molar-refractivity contribution is -0.121. The van der Waals surface area contributed by atoms with E-state index in [1.807, 2.05) is 18.2 Å². The molecule has 0 atom stereocenters. The molecule has 0 fully saturated rings. The summed E-state index contributed by atoms with van der Waals surface area (Å²) in [5.41, 5.74) is 1.30. The molecule has 1 amide bonds. The minimum atomic E-state index is 0.0276. The summed E-state index contributed by atoms with van der Waals surface area (Å²) in [5, 5.41) is 2.84. The van der Waals surface area contributed by atoms with E-state index in [-0.39, 0.29) is 11.3 Å². The number of carbonyl (C=O) groups is 1. The number of hydrogen-bond acceptors (Lipinski definition) is 2. The van der Waals surface area contributed by atoms with Gasteiger partial charge in [-0.1, -0.05) is 44.2 Å². The molecule has 0 saturated heterocycles. The van der Waals surface area contributed by atoms with Crippen molar-refractivity contribution in [3.05, 3.63) is 35.9 Å². The zero-order chi connectivity index (χ0) is 13.4. The van der Waals surface area contributed by atoms with Crippen molar-refractivity contribution >= 4 is 5.91 Å². The largest absolute Gasteiger partial charge is 0.383 e. The fourth-order valence-corrected chi connectivity index (χ4v) is 1.84. The van der Waals surface area contributed by atoms with Crippen LogP contribution in [0.2, 0.25) is 0 Å². The number of ether oxygens (including phenoxy) is 1. The second-order valence-corrected chi connectivity index (χ2v) is 5.09. The molecule has 0 radical (unpaired) electrons. The molecule has 0 bridgehead atoms. The summed E-state index contributed by atoms with van der Waals surface area (Å²) in [4.78, 5) is 11.6. The number of nitrogens with one attached hydrogen (secondary N) is 1. The molecule has 18 heavy (non-hydrogen) atoms. The smallest absolute Gasteiger partial charge is 0.220 e. The summed E-state index contributed by atoms with van der Waals surface area (Å²) in [6.07, 6.45) is 1.39. The highest BCUT2D eigenvalue weighted by atomic mass is 16.5. The lowest BCUT2D eigenvalue weighted by Crippen LogP contribution is -2.29. The predicted molar refractivity (Wildman–Crippen MR) is 73.6 cm³/mol. The molecule has 3 nitrogen and oxygen atoms in total. The van der Waals surface area contributed by atoms with E-state index in [0.717, 1.165) is 6.42 Å². The van der Waals surface area contributed by atoms with Crippen LogP contribution >= 0.6 is 0 Å². The van der Waals surface area contributed by atoms with E-state index in [2.05, 4.69) is 31.3 Å². The Balaban J connectivity index is 2.40. The SMILES string of the molecule is COCCNC(=O)CCC(C)(C)c1ccccc1. The third-order valence-electron chi connectivity index (χ3n) is 3.16. The molecule has 0 aliphatic heterocycles. The molecule has 0 spiro atoms. The molecule has 1 aromatic rings. The number of benzene rings is 1. The standard InChI is InChI=1S/C15H23NO2/c1-15(2,13-7-5-4-6-8-13)10-9-14(17)16-11-12-18-3/h4-8H,9-12H2,1-3H3,(H,16,17). The first-order valence-corrected chi connectivity index (χ1v) is 6.37. The van der Waals surface area contributed by atoms with Crippen molar-refractivity contribution in [1.82, 2.24) is 5.32 Å². The van der Waals surface area contributed by atoms with Crippen LogP contribution in [0.3, 0.4) is 0 Å². The maximum Gasteiger partial charge on any atom is 0.220 e. The van der Waals surface area contributed by atoms with Crippen LogP contribution in [0.5, 0.6) is 0 Å². The van der Waals surface area contributed by atoms with Gasteiger partial charge < -0.3 is 10.1 Å². The van der Waals surface area contributed by atoms with Gasteiger partial charge in [-0.3, -0.25) is 4.79 Å². The monoisotopic (exact) mass is 249 g/mol. The Hall–Kier alpha value is -1.35. The highest BCUT2D eigenvalue weighted by molar-refractivity contribution is 5.75. The maximum atomic E-state index is 11.6. The Kier molecular flexibility index (Phi) is 5.86. The van der Waals surface area contributed by atoms with Gasteiger partial charge >= 0.3 is 0 Å². The first kappa shape index (κ1) is 14.7. The third-order valence-corrected chi connectivity index (χ3v) is 3.16. The summed E-state index contributed by atoms with van der Waals surface area (Å²) >= 11 is 0. The molecule has 0 aromatic heterocycles. The fourth-order valence-electron chi connectivity index (χ4n) is 1.84. The Bertz CT molecular complexity index is 360. The van der Waals surface area contributed by atoms with Crippen molar-refractivity contribution in [2.24, 2.45) is 0 Å². The molecule has 0 saturated carbocycles. The Morgan fingerprint density at radius 3 is 2.56 bits per heavy atom. The van der Waals surface area contributed by atoms with Gasteiger partial charge in [-0.2, -0.15) is 0 Å². The van der Waals surface area contributed by atoms with Crippen LogP contribution in [-0.2, 0) is 14.9 Å². The highest BCUT2D eigenvalue weighted by Gasteiger charge is 2.21. The summed E-state index contributed by atoms with van der Waals surface area (Å²) in [5.74, 6) is 0.0936. The van der Waals surface area contributed by atoms with Gasteiger partial charge in [0.05, 0.1) is 6.61 Å². The number of hydrogen-bond donors (Lipinski definition) is 1. The van der Waals surface area contributed by atoms with Crippen LogP contribution in [0.15, 0.2) is 30.3 Å². The highest BCUT2D eigenvalue weighted by Crippen LogP contribution is 2.27. The van der Waals surface area contributed by atoms with Gasteiger partial charge in [-0.05, 0) is 17.4 Å². The van der Waals surface area contributed by atoms with Crippen LogP contribution < -0.4 is 5.32 Å². The maximum absolute atomic E-state index is 11.6. The molecule has 1 aromatic carbocycles. The predicted octanol–water partition coefficient (Wildman–Crippen LogP) is 2.51. The second-order valence-electron chi connectivity index (χ2n) is 5.09. The number of methoxy groups -OCH3 is 1. The van der Waals surface area contributed by atoms with Crippen LogP contribution in [0.1, 0.15) is 32.3 Å². The Morgan fingerprint density at radius 1 is 1.28 bits per heavy atom. The van der Waals surface area contributed by atoms with Crippen molar-refractivity contribution < 1.29 is 9.53 Å². The molecular weight excluding hydrogens is 226 g/mol. The van der Waals surface area contributed by atoms with Crippen molar-refractivity contribution in [2.75, 3.05) is 20.3 Å². The first-order chi connectivity index (χ1) is 8.56. The lowest BCUT2D eigenvalue weighted by Gasteiger charge is -2.25. The van der Waals surface area contributed by atoms with E-state index in [0.29, 0.717) is 19.6 Å². The Labute approximate surface area is 110 Å². The van der Waals surface area contributed by atoms with E-state index >= 15 is 0 Å². The number of rotatable bonds is 7. The van der Waals surface area contributed by atoms with Gasteiger partial charge in [0.15, 0.2) is 0 Å². The third kappa shape index (κ3) is 4.88. The minimum Gasteiger partial charge on any atom is -0.383 e. The van der Waals surface area contributed by atoms with Crippen molar-refractivity contribution in [3.63, 3.8) is 0 Å². The van der Waals surface area contributed by atoms with Gasteiger partial charge in [-0.15, -0.1) is 0 Å². The van der Waals surface area contributed by atoms with Crippen LogP contribution in [0, 0.1) is 0 Å². The molecule has 0 aliphatic rings. The summed E-state index contributed by atoms with van der Waals surface area (Å²) < 4.78 is 4.89. The van der Waals surface area contributed by atoms with Crippen LogP contribution in [0.4, 0.5) is 0 Å². The zero-order valence-electron chi connectivity index (χ0n) is 11.5. The molecule has 1 rings (SSSR count).